The van der Waals surface area contributed by atoms with Gasteiger partial charge in [-0.15, -0.1) is 0 Å². The minimum absolute atomic E-state index is 0.0447. The molecule has 0 unspecified atom stereocenters. The fraction of sp³-hybridized carbons (Fsp3) is 0.278. The molecule has 0 heterocycles. The molecule has 2 rings (SSSR count). The average molecular weight is 382 g/mol. The molecule has 0 atom stereocenters. The molecule has 0 radical (unpaired) electrons. The van der Waals surface area contributed by atoms with Gasteiger partial charge in [-0.1, -0.05) is 48.0 Å². The van der Waals surface area contributed by atoms with Gasteiger partial charge in [0.15, 0.2) is 0 Å². The zero-order valence-electron chi connectivity index (χ0n) is 14.1. The zero-order valence-corrected chi connectivity index (χ0v) is 15.7. The van der Waals surface area contributed by atoms with Crippen molar-refractivity contribution < 1.29 is 17.9 Å². The number of sulfonamides is 1. The van der Waals surface area contributed by atoms with Crippen LogP contribution in [0.4, 0.5) is 0 Å². The Balaban J connectivity index is 2.37. The van der Waals surface area contributed by atoms with Crippen LogP contribution in [-0.2, 0) is 26.1 Å². The molecule has 0 aliphatic carbocycles. The summed E-state index contributed by atoms with van der Waals surface area (Å²) in [5.74, 6) is -0.597. The number of nitrogens with zero attached hydrogens (tertiary/aromatic N) is 1. The summed E-state index contributed by atoms with van der Waals surface area (Å²) in [5, 5.41) is 0.358. The Morgan fingerprint density at radius 3 is 2.44 bits per heavy atom. The summed E-state index contributed by atoms with van der Waals surface area (Å²) in [6.45, 7) is 3.35. The zero-order chi connectivity index (χ0) is 18.4. The first kappa shape index (κ1) is 19.4. The molecule has 0 saturated heterocycles. The lowest BCUT2D eigenvalue weighted by atomic mass is 10.2. The molecule has 0 spiro atoms. The quantitative estimate of drug-likeness (QED) is 0.689. The Morgan fingerprint density at radius 2 is 1.84 bits per heavy atom. The summed E-state index contributed by atoms with van der Waals surface area (Å²) < 4.78 is 32.0. The fourth-order valence-electron chi connectivity index (χ4n) is 2.25. The second-order valence-electron chi connectivity index (χ2n) is 5.47. The third-order valence-electron chi connectivity index (χ3n) is 3.59. The summed E-state index contributed by atoms with van der Waals surface area (Å²) in [7, 11) is -3.90. The number of benzene rings is 2. The Labute approximate surface area is 153 Å². The molecule has 0 aliphatic heterocycles. The highest BCUT2D eigenvalue weighted by atomic mass is 35.5. The van der Waals surface area contributed by atoms with E-state index < -0.39 is 16.0 Å². The normalized spacial score (nSPS) is 11.5. The van der Waals surface area contributed by atoms with E-state index in [1.54, 1.807) is 32.0 Å². The summed E-state index contributed by atoms with van der Waals surface area (Å²) in [6.07, 6.45) is 0. The van der Waals surface area contributed by atoms with Crippen LogP contribution in [0.5, 0.6) is 0 Å². The van der Waals surface area contributed by atoms with Gasteiger partial charge >= 0.3 is 5.97 Å². The number of rotatable bonds is 7. The van der Waals surface area contributed by atoms with Crippen molar-refractivity contribution in [3.8, 4) is 0 Å². The number of esters is 1. The predicted molar refractivity (Wildman–Crippen MR) is 96.9 cm³/mol. The van der Waals surface area contributed by atoms with E-state index in [0.29, 0.717) is 5.02 Å². The van der Waals surface area contributed by atoms with Crippen LogP contribution in [-0.4, -0.2) is 31.8 Å². The molecule has 7 heteroatoms. The standard InChI is InChI=1S/C18H20ClNO4S/c1-3-24-18(21)13-20(12-15-7-5-4-6-8-15)25(22,23)16-10-9-14(2)17(19)11-16/h4-11H,3,12-13H2,1-2H3. The van der Waals surface area contributed by atoms with E-state index in [0.717, 1.165) is 15.4 Å². The molecule has 5 nitrogen and oxygen atoms in total. The Morgan fingerprint density at radius 1 is 1.16 bits per heavy atom. The van der Waals surface area contributed by atoms with Crippen molar-refractivity contribution >= 4 is 27.6 Å². The Bertz CT molecular complexity index is 837. The van der Waals surface area contributed by atoms with Crippen molar-refractivity contribution in [1.82, 2.24) is 4.31 Å². The van der Waals surface area contributed by atoms with Crippen molar-refractivity contribution in [3.05, 3.63) is 64.7 Å². The van der Waals surface area contributed by atoms with Gasteiger partial charge in [0.2, 0.25) is 10.0 Å². The average Bonchev–Trinajstić information content (AvgIpc) is 2.58. The molecule has 2 aromatic carbocycles. The molecule has 0 fully saturated rings. The number of carbonyl (C=O) groups excluding carboxylic acids is 1. The SMILES string of the molecule is CCOC(=O)CN(Cc1ccccc1)S(=O)(=O)c1ccc(C)c(Cl)c1. The van der Waals surface area contributed by atoms with Gasteiger partial charge in [-0.2, -0.15) is 4.31 Å². The molecular formula is C18H20ClNO4S. The molecule has 0 saturated carbocycles. The summed E-state index contributed by atoms with van der Waals surface area (Å²) in [5.41, 5.74) is 1.55. The first-order valence-electron chi connectivity index (χ1n) is 7.80. The van der Waals surface area contributed by atoms with Crippen molar-refractivity contribution in [1.29, 1.82) is 0 Å². The first-order chi connectivity index (χ1) is 11.8. The highest BCUT2D eigenvalue weighted by molar-refractivity contribution is 7.89. The van der Waals surface area contributed by atoms with Gasteiger partial charge in [0.25, 0.3) is 0 Å². The van der Waals surface area contributed by atoms with Gasteiger partial charge in [0, 0.05) is 11.6 Å². The minimum atomic E-state index is -3.90. The lowest BCUT2D eigenvalue weighted by molar-refractivity contribution is -0.143. The highest BCUT2D eigenvalue weighted by Gasteiger charge is 2.27. The van der Waals surface area contributed by atoms with Gasteiger partial charge in [0.05, 0.1) is 11.5 Å². The molecule has 2 aromatic rings. The molecule has 0 N–H and O–H groups in total. The van der Waals surface area contributed by atoms with Crippen LogP contribution in [0.25, 0.3) is 0 Å². The number of halogens is 1. The van der Waals surface area contributed by atoms with E-state index in [2.05, 4.69) is 0 Å². The number of hydrogen-bond donors (Lipinski definition) is 0. The van der Waals surface area contributed by atoms with Crippen LogP contribution in [0.3, 0.4) is 0 Å². The van der Waals surface area contributed by atoms with Gasteiger partial charge in [-0.25, -0.2) is 8.42 Å². The Kier molecular flexibility index (Phi) is 6.58. The minimum Gasteiger partial charge on any atom is -0.465 e. The van der Waals surface area contributed by atoms with Crippen LogP contribution >= 0.6 is 11.6 Å². The third-order valence-corrected chi connectivity index (χ3v) is 5.79. The van der Waals surface area contributed by atoms with Gasteiger partial charge in [0.1, 0.15) is 6.54 Å². The lowest BCUT2D eigenvalue weighted by Crippen LogP contribution is -2.36. The van der Waals surface area contributed by atoms with Crippen molar-refractivity contribution in [2.45, 2.75) is 25.3 Å². The Hall–Kier alpha value is -1.89. The van der Waals surface area contributed by atoms with E-state index in [1.807, 2.05) is 18.2 Å². The van der Waals surface area contributed by atoms with Crippen molar-refractivity contribution in [3.63, 3.8) is 0 Å². The smallest absolute Gasteiger partial charge is 0.321 e. The summed E-state index contributed by atoms with van der Waals surface area (Å²) >= 11 is 6.07. The molecule has 25 heavy (non-hydrogen) atoms. The third kappa shape index (κ3) is 5.04. The molecular weight excluding hydrogens is 362 g/mol. The largest absolute Gasteiger partial charge is 0.465 e. The van der Waals surface area contributed by atoms with Crippen LogP contribution in [0.1, 0.15) is 18.1 Å². The topological polar surface area (TPSA) is 63.7 Å². The highest BCUT2D eigenvalue weighted by Crippen LogP contribution is 2.24. The number of ether oxygens (including phenoxy) is 1. The molecule has 0 aliphatic rings. The van der Waals surface area contributed by atoms with E-state index in [1.165, 1.54) is 12.1 Å². The van der Waals surface area contributed by atoms with Crippen molar-refractivity contribution in [2.24, 2.45) is 0 Å². The monoisotopic (exact) mass is 381 g/mol. The second kappa shape index (κ2) is 8.47. The maximum Gasteiger partial charge on any atom is 0.321 e. The van der Waals surface area contributed by atoms with Gasteiger partial charge in [-0.3, -0.25) is 4.79 Å². The number of hydrogen-bond acceptors (Lipinski definition) is 4. The van der Waals surface area contributed by atoms with E-state index in [-0.39, 0.29) is 24.6 Å². The summed E-state index contributed by atoms with van der Waals surface area (Å²) in [6, 6.07) is 13.6. The van der Waals surface area contributed by atoms with Crippen LogP contribution in [0.2, 0.25) is 5.02 Å². The maximum absolute atomic E-state index is 13.0. The molecule has 134 valence electrons. The molecule has 0 amide bonds. The van der Waals surface area contributed by atoms with Crippen LogP contribution in [0.15, 0.2) is 53.4 Å². The predicted octanol–water partition coefficient (Wildman–Crippen LogP) is 3.40. The fourth-order valence-corrected chi connectivity index (χ4v) is 3.89. The maximum atomic E-state index is 13.0. The first-order valence-corrected chi connectivity index (χ1v) is 9.62. The van der Waals surface area contributed by atoms with Crippen LogP contribution < -0.4 is 0 Å². The van der Waals surface area contributed by atoms with E-state index >= 15 is 0 Å². The van der Waals surface area contributed by atoms with E-state index in [4.69, 9.17) is 16.3 Å². The lowest BCUT2D eigenvalue weighted by Gasteiger charge is -2.21. The van der Waals surface area contributed by atoms with E-state index in [9.17, 15) is 13.2 Å². The second-order valence-corrected chi connectivity index (χ2v) is 7.82. The molecule has 0 bridgehead atoms. The van der Waals surface area contributed by atoms with Gasteiger partial charge < -0.3 is 4.74 Å². The van der Waals surface area contributed by atoms with Gasteiger partial charge in [-0.05, 0) is 37.1 Å². The number of carbonyl (C=O) groups is 1. The van der Waals surface area contributed by atoms with Crippen molar-refractivity contribution in [2.75, 3.05) is 13.2 Å². The molecule has 0 aromatic heterocycles. The summed E-state index contributed by atoms with van der Waals surface area (Å²) in [4.78, 5) is 11.9. The van der Waals surface area contributed by atoms with Crippen LogP contribution in [0, 0.1) is 6.92 Å². The number of aryl methyl sites for hydroxylation is 1.